The van der Waals surface area contributed by atoms with Crippen LogP contribution in [0.3, 0.4) is 0 Å². The number of hydrogen-bond acceptors (Lipinski definition) is 4. The molecule has 0 aliphatic carbocycles. The minimum absolute atomic E-state index is 0.0601. The van der Waals surface area contributed by atoms with Gasteiger partial charge in [0.1, 0.15) is 0 Å². The van der Waals surface area contributed by atoms with Gasteiger partial charge in [0.25, 0.3) is 0 Å². The van der Waals surface area contributed by atoms with Crippen molar-refractivity contribution in [3.8, 4) is 0 Å². The highest BCUT2D eigenvalue weighted by Gasteiger charge is 2.31. The van der Waals surface area contributed by atoms with E-state index in [1.807, 2.05) is 0 Å². The van der Waals surface area contributed by atoms with Gasteiger partial charge >= 0.3 is 0 Å². The fraction of sp³-hybridized carbons (Fsp3) is 0.909. The van der Waals surface area contributed by atoms with Gasteiger partial charge in [-0.05, 0) is 13.0 Å². The molecule has 0 aromatic rings. The molecule has 16 heavy (non-hydrogen) atoms. The van der Waals surface area contributed by atoms with Crippen molar-refractivity contribution in [3.05, 3.63) is 0 Å². The van der Waals surface area contributed by atoms with Gasteiger partial charge in [0.05, 0.1) is 11.5 Å². The number of amides is 1. The predicted octanol–water partition coefficient (Wildman–Crippen LogP) is -0.746. The first-order valence-corrected chi connectivity index (χ1v) is 5.98. The van der Waals surface area contributed by atoms with Gasteiger partial charge in [-0.15, -0.1) is 0 Å². The first kappa shape index (κ1) is 11.8. The number of hydrogen-bond donors (Lipinski definition) is 3. The number of carbonyl (C=O) groups is 1. The van der Waals surface area contributed by atoms with Gasteiger partial charge in [0.2, 0.25) is 5.91 Å². The Labute approximate surface area is 95.5 Å². The molecule has 3 N–H and O–H groups in total. The van der Waals surface area contributed by atoms with Crippen molar-refractivity contribution in [3.63, 3.8) is 0 Å². The fourth-order valence-electron chi connectivity index (χ4n) is 2.20. The predicted molar refractivity (Wildman–Crippen MR) is 59.0 cm³/mol. The van der Waals surface area contributed by atoms with Crippen LogP contribution >= 0.6 is 0 Å². The van der Waals surface area contributed by atoms with E-state index >= 15 is 0 Å². The smallest absolute Gasteiger partial charge is 0.224 e. The minimum atomic E-state index is -0.764. The van der Waals surface area contributed by atoms with Gasteiger partial charge in [0, 0.05) is 39.1 Å². The molecule has 2 aliphatic heterocycles. The van der Waals surface area contributed by atoms with Crippen LogP contribution in [0.25, 0.3) is 0 Å². The van der Waals surface area contributed by atoms with Gasteiger partial charge in [-0.3, -0.25) is 4.79 Å². The zero-order chi connectivity index (χ0) is 11.4. The lowest BCUT2D eigenvalue weighted by Gasteiger charge is -2.32. The molecule has 0 bridgehead atoms. The zero-order valence-corrected chi connectivity index (χ0v) is 9.50. The van der Waals surface area contributed by atoms with Crippen LogP contribution in [0.15, 0.2) is 0 Å². The summed E-state index contributed by atoms with van der Waals surface area (Å²) < 4.78 is 5.19. The second-order valence-corrected chi connectivity index (χ2v) is 4.74. The molecule has 2 saturated heterocycles. The van der Waals surface area contributed by atoms with E-state index in [-0.39, 0.29) is 11.8 Å². The van der Waals surface area contributed by atoms with Crippen molar-refractivity contribution in [1.29, 1.82) is 0 Å². The molecule has 0 radical (unpaired) electrons. The summed E-state index contributed by atoms with van der Waals surface area (Å²) in [5.74, 6) is 0.133. The van der Waals surface area contributed by atoms with Gasteiger partial charge in [-0.2, -0.15) is 0 Å². The number of ether oxygens (including phenoxy) is 1. The first-order chi connectivity index (χ1) is 7.70. The molecule has 5 heteroatoms. The highest BCUT2D eigenvalue weighted by molar-refractivity contribution is 5.79. The Kier molecular flexibility index (Phi) is 3.78. The van der Waals surface area contributed by atoms with Gasteiger partial charge < -0.3 is 20.5 Å². The summed E-state index contributed by atoms with van der Waals surface area (Å²) in [5.41, 5.74) is -0.764. The number of aliphatic hydroxyl groups is 1. The second kappa shape index (κ2) is 5.12. The third kappa shape index (κ3) is 2.93. The Morgan fingerprint density at radius 2 is 2.25 bits per heavy atom. The zero-order valence-electron chi connectivity index (χ0n) is 9.50. The lowest BCUT2D eigenvalue weighted by molar-refractivity contribution is -0.127. The Hall–Kier alpha value is -0.650. The number of nitrogens with one attached hydrogen (secondary N) is 2. The van der Waals surface area contributed by atoms with Crippen LogP contribution in [0, 0.1) is 5.92 Å². The highest BCUT2D eigenvalue weighted by atomic mass is 16.5. The summed E-state index contributed by atoms with van der Waals surface area (Å²) in [6.07, 6.45) is 2.11. The topological polar surface area (TPSA) is 70.6 Å². The molecule has 0 saturated carbocycles. The van der Waals surface area contributed by atoms with Crippen LogP contribution in [0.4, 0.5) is 0 Å². The van der Waals surface area contributed by atoms with E-state index in [1.165, 1.54) is 0 Å². The van der Waals surface area contributed by atoms with Crippen LogP contribution in [0.2, 0.25) is 0 Å². The van der Waals surface area contributed by atoms with Gasteiger partial charge in [-0.25, -0.2) is 0 Å². The van der Waals surface area contributed by atoms with Crippen LogP contribution in [-0.4, -0.2) is 49.5 Å². The molecule has 0 aromatic carbocycles. The molecule has 0 spiro atoms. The van der Waals surface area contributed by atoms with E-state index in [9.17, 15) is 9.90 Å². The second-order valence-electron chi connectivity index (χ2n) is 4.74. The Morgan fingerprint density at radius 3 is 2.88 bits per heavy atom. The lowest BCUT2D eigenvalue weighted by Crippen LogP contribution is -2.48. The monoisotopic (exact) mass is 228 g/mol. The van der Waals surface area contributed by atoms with Crippen molar-refractivity contribution in [1.82, 2.24) is 10.6 Å². The molecular weight excluding hydrogens is 208 g/mol. The normalized spacial score (nSPS) is 28.9. The standard InChI is InChI=1S/C11H20N2O3/c14-10(9-1-4-12-7-9)13-8-11(15)2-5-16-6-3-11/h9,12,15H,1-8H2,(H,13,14). The van der Waals surface area contributed by atoms with E-state index in [1.54, 1.807) is 0 Å². The van der Waals surface area contributed by atoms with E-state index < -0.39 is 5.60 Å². The largest absolute Gasteiger partial charge is 0.388 e. The van der Waals surface area contributed by atoms with E-state index in [0.29, 0.717) is 32.6 Å². The average molecular weight is 228 g/mol. The maximum atomic E-state index is 11.7. The summed E-state index contributed by atoms with van der Waals surface area (Å²) >= 11 is 0. The van der Waals surface area contributed by atoms with E-state index in [4.69, 9.17) is 4.74 Å². The van der Waals surface area contributed by atoms with Crippen LogP contribution in [0.1, 0.15) is 19.3 Å². The van der Waals surface area contributed by atoms with Crippen LogP contribution in [0.5, 0.6) is 0 Å². The van der Waals surface area contributed by atoms with Crippen molar-refractivity contribution >= 4 is 5.91 Å². The van der Waals surface area contributed by atoms with Gasteiger partial charge in [-0.1, -0.05) is 0 Å². The van der Waals surface area contributed by atoms with E-state index in [2.05, 4.69) is 10.6 Å². The van der Waals surface area contributed by atoms with E-state index in [0.717, 1.165) is 19.5 Å². The van der Waals surface area contributed by atoms with Gasteiger partial charge in [0.15, 0.2) is 0 Å². The molecule has 2 rings (SSSR count). The Bertz CT molecular complexity index is 246. The van der Waals surface area contributed by atoms with Crippen molar-refractivity contribution in [2.45, 2.75) is 24.9 Å². The van der Waals surface area contributed by atoms with Crippen molar-refractivity contribution < 1.29 is 14.6 Å². The lowest BCUT2D eigenvalue weighted by atomic mass is 9.94. The molecule has 0 aromatic heterocycles. The Morgan fingerprint density at radius 1 is 1.50 bits per heavy atom. The maximum Gasteiger partial charge on any atom is 0.224 e. The molecule has 1 unspecified atom stereocenters. The summed E-state index contributed by atoms with van der Waals surface area (Å²) in [5, 5.41) is 16.2. The Balaban J connectivity index is 1.75. The van der Waals surface area contributed by atoms with Crippen LogP contribution in [-0.2, 0) is 9.53 Å². The average Bonchev–Trinajstić information content (AvgIpc) is 2.80. The summed E-state index contributed by atoms with van der Waals surface area (Å²) in [7, 11) is 0. The summed E-state index contributed by atoms with van der Waals surface area (Å²) in [6.45, 7) is 3.18. The SMILES string of the molecule is O=C(NCC1(O)CCOCC1)C1CCNC1. The highest BCUT2D eigenvalue weighted by Crippen LogP contribution is 2.19. The quantitative estimate of drug-likeness (QED) is 0.594. The molecular formula is C11H20N2O3. The number of carbonyl (C=O) groups excluding carboxylic acids is 1. The molecule has 92 valence electrons. The molecule has 2 aliphatic rings. The fourth-order valence-corrected chi connectivity index (χ4v) is 2.20. The molecule has 5 nitrogen and oxygen atoms in total. The van der Waals surface area contributed by atoms with Crippen molar-refractivity contribution in [2.24, 2.45) is 5.92 Å². The molecule has 2 fully saturated rings. The first-order valence-electron chi connectivity index (χ1n) is 5.98. The van der Waals surface area contributed by atoms with Crippen molar-refractivity contribution in [2.75, 3.05) is 32.8 Å². The molecule has 2 heterocycles. The molecule has 1 amide bonds. The molecule has 1 atom stereocenters. The summed E-state index contributed by atoms with van der Waals surface area (Å²) in [4.78, 5) is 11.7. The van der Waals surface area contributed by atoms with Crippen LogP contribution < -0.4 is 10.6 Å². The minimum Gasteiger partial charge on any atom is -0.388 e. The third-order valence-corrected chi connectivity index (χ3v) is 3.45. The maximum absolute atomic E-state index is 11.7. The summed E-state index contributed by atoms with van der Waals surface area (Å²) in [6, 6.07) is 0. The number of rotatable bonds is 3. The third-order valence-electron chi connectivity index (χ3n) is 3.45.